The highest BCUT2D eigenvalue weighted by molar-refractivity contribution is 7.16. The first-order chi connectivity index (χ1) is 7.36. The van der Waals surface area contributed by atoms with Crippen molar-refractivity contribution in [2.75, 3.05) is 5.73 Å². The number of thiophene rings is 1. The van der Waals surface area contributed by atoms with Gasteiger partial charge in [-0.15, -0.1) is 11.3 Å². The zero-order chi connectivity index (χ0) is 10.3. The zero-order valence-electron chi connectivity index (χ0n) is 8.49. The van der Waals surface area contributed by atoms with E-state index >= 15 is 0 Å². The van der Waals surface area contributed by atoms with Crippen LogP contribution in [0.4, 0.5) is 5.69 Å². The van der Waals surface area contributed by atoms with Crippen LogP contribution in [-0.4, -0.2) is 0 Å². The molecule has 0 spiro atoms. The Bertz CT molecular complexity index is 485. The summed E-state index contributed by atoms with van der Waals surface area (Å²) in [5, 5.41) is 0. The van der Waals surface area contributed by atoms with Gasteiger partial charge in [0.2, 0.25) is 0 Å². The summed E-state index contributed by atoms with van der Waals surface area (Å²) in [5.74, 6) is 0. The summed E-state index contributed by atoms with van der Waals surface area (Å²) in [6.07, 6.45) is 3.67. The molecule has 1 heterocycles. The summed E-state index contributed by atoms with van der Waals surface area (Å²) in [5.41, 5.74) is 9.90. The maximum absolute atomic E-state index is 6.20. The fraction of sp³-hybridized carbons (Fsp3) is 0.231. The molecular formula is C13H13NS. The summed E-state index contributed by atoms with van der Waals surface area (Å²) in [4.78, 5) is 2.77. The summed E-state index contributed by atoms with van der Waals surface area (Å²) >= 11 is 1.88. The average molecular weight is 215 g/mol. The number of hydrogen-bond donors (Lipinski definition) is 1. The van der Waals surface area contributed by atoms with Gasteiger partial charge >= 0.3 is 0 Å². The van der Waals surface area contributed by atoms with Crippen LogP contribution in [0.25, 0.3) is 10.4 Å². The number of nitrogens with two attached hydrogens (primary N) is 1. The molecule has 0 saturated carbocycles. The van der Waals surface area contributed by atoms with Gasteiger partial charge in [-0.3, -0.25) is 0 Å². The van der Waals surface area contributed by atoms with Gasteiger partial charge < -0.3 is 5.73 Å². The normalized spacial score (nSPS) is 14.1. The SMILES string of the molecule is Nc1c(-c2ccccc2)sc2c1CCC2. The van der Waals surface area contributed by atoms with E-state index in [1.165, 1.54) is 40.1 Å². The van der Waals surface area contributed by atoms with E-state index in [2.05, 4.69) is 24.3 Å². The first kappa shape index (κ1) is 8.98. The lowest BCUT2D eigenvalue weighted by atomic mass is 10.1. The molecule has 1 aromatic carbocycles. The van der Waals surface area contributed by atoms with E-state index in [0.717, 1.165) is 5.69 Å². The molecule has 0 radical (unpaired) electrons. The Morgan fingerprint density at radius 2 is 1.87 bits per heavy atom. The molecule has 2 N–H and O–H groups in total. The van der Waals surface area contributed by atoms with Crippen molar-refractivity contribution in [3.63, 3.8) is 0 Å². The van der Waals surface area contributed by atoms with Gasteiger partial charge in [0.1, 0.15) is 0 Å². The predicted octanol–water partition coefficient (Wildman–Crippen LogP) is 3.49. The fourth-order valence-corrected chi connectivity index (χ4v) is 3.55. The molecule has 2 aromatic rings. The maximum atomic E-state index is 6.20. The van der Waals surface area contributed by atoms with Crippen molar-refractivity contribution in [3.8, 4) is 10.4 Å². The van der Waals surface area contributed by atoms with Crippen LogP contribution in [0.5, 0.6) is 0 Å². The second-order valence-electron chi connectivity index (χ2n) is 3.97. The highest BCUT2D eigenvalue weighted by Gasteiger charge is 2.20. The molecular weight excluding hydrogens is 202 g/mol. The molecule has 1 aliphatic rings. The minimum Gasteiger partial charge on any atom is -0.397 e. The highest BCUT2D eigenvalue weighted by Crippen LogP contribution is 2.42. The number of aryl methyl sites for hydroxylation is 1. The molecule has 15 heavy (non-hydrogen) atoms. The van der Waals surface area contributed by atoms with Crippen molar-refractivity contribution in [1.29, 1.82) is 0 Å². The van der Waals surface area contributed by atoms with E-state index in [1.807, 2.05) is 17.4 Å². The van der Waals surface area contributed by atoms with Crippen LogP contribution in [0.1, 0.15) is 16.9 Å². The lowest BCUT2D eigenvalue weighted by Crippen LogP contribution is -1.89. The van der Waals surface area contributed by atoms with Gasteiger partial charge in [0, 0.05) is 4.88 Å². The minimum absolute atomic E-state index is 1.03. The third-order valence-electron chi connectivity index (χ3n) is 3.00. The summed E-state index contributed by atoms with van der Waals surface area (Å²) in [7, 11) is 0. The molecule has 0 bridgehead atoms. The lowest BCUT2D eigenvalue weighted by Gasteiger charge is -2.00. The Morgan fingerprint density at radius 1 is 1.07 bits per heavy atom. The molecule has 0 fully saturated rings. The molecule has 1 nitrogen and oxygen atoms in total. The van der Waals surface area contributed by atoms with Gasteiger partial charge in [0.15, 0.2) is 0 Å². The van der Waals surface area contributed by atoms with Crippen LogP contribution in [0.2, 0.25) is 0 Å². The Hall–Kier alpha value is -1.28. The first-order valence-corrected chi connectivity index (χ1v) is 6.13. The molecule has 0 aliphatic heterocycles. The van der Waals surface area contributed by atoms with Crippen molar-refractivity contribution >= 4 is 17.0 Å². The van der Waals surface area contributed by atoms with E-state index in [9.17, 15) is 0 Å². The van der Waals surface area contributed by atoms with Crippen molar-refractivity contribution in [1.82, 2.24) is 0 Å². The number of fused-ring (bicyclic) bond motifs is 1. The van der Waals surface area contributed by atoms with E-state index in [-0.39, 0.29) is 0 Å². The second kappa shape index (κ2) is 3.38. The summed E-state index contributed by atoms with van der Waals surface area (Å²) < 4.78 is 0. The minimum atomic E-state index is 1.03. The smallest absolute Gasteiger partial charge is 0.0578 e. The molecule has 0 amide bonds. The van der Waals surface area contributed by atoms with Crippen LogP contribution in [0.3, 0.4) is 0 Å². The van der Waals surface area contributed by atoms with E-state index in [1.54, 1.807) is 0 Å². The van der Waals surface area contributed by atoms with Gasteiger partial charge in [0.25, 0.3) is 0 Å². The van der Waals surface area contributed by atoms with E-state index in [0.29, 0.717) is 0 Å². The van der Waals surface area contributed by atoms with E-state index in [4.69, 9.17) is 5.73 Å². The van der Waals surface area contributed by atoms with Crippen molar-refractivity contribution in [2.45, 2.75) is 19.3 Å². The highest BCUT2D eigenvalue weighted by atomic mass is 32.1. The molecule has 0 saturated heterocycles. The Balaban J connectivity index is 2.14. The fourth-order valence-electron chi connectivity index (χ4n) is 2.23. The van der Waals surface area contributed by atoms with Gasteiger partial charge in [-0.1, -0.05) is 30.3 Å². The van der Waals surface area contributed by atoms with Crippen LogP contribution < -0.4 is 5.73 Å². The maximum Gasteiger partial charge on any atom is 0.0578 e. The number of rotatable bonds is 1. The largest absolute Gasteiger partial charge is 0.397 e. The van der Waals surface area contributed by atoms with Gasteiger partial charge in [-0.2, -0.15) is 0 Å². The number of hydrogen-bond acceptors (Lipinski definition) is 2. The van der Waals surface area contributed by atoms with Crippen molar-refractivity contribution < 1.29 is 0 Å². The molecule has 0 atom stereocenters. The third kappa shape index (κ3) is 1.37. The van der Waals surface area contributed by atoms with Crippen molar-refractivity contribution in [2.24, 2.45) is 0 Å². The lowest BCUT2D eigenvalue weighted by molar-refractivity contribution is 0.916. The van der Waals surface area contributed by atoms with Gasteiger partial charge in [-0.25, -0.2) is 0 Å². The first-order valence-electron chi connectivity index (χ1n) is 5.31. The van der Waals surface area contributed by atoms with Crippen molar-refractivity contribution in [3.05, 3.63) is 40.8 Å². The number of benzene rings is 1. The van der Waals surface area contributed by atoms with Crippen LogP contribution in [0.15, 0.2) is 30.3 Å². The zero-order valence-corrected chi connectivity index (χ0v) is 9.31. The molecule has 76 valence electrons. The van der Waals surface area contributed by atoms with E-state index < -0.39 is 0 Å². The monoisotopic (exact) mass is 215 g/mol. The number of anilines is 1. The quantitative estimate of drug-likeness (QED) is 0.774. The third-order valence-corrected chi connectivity index (χ3v) is 4.35. The molecule has 1 aliphatic carbocycles. The van der Waals surface area contributed by atoms with Crippen LogP contribution in [-0.2, 0) is 12.8 Å². The average Bonchev–Trinajstić information content (AvgIpc) is 2.83. The topological polar surface area (TPSA) is 26.0 Å². The van der Waals surface area contributed by atoms with Crippen LogP contribution in [0, 0.1) is 0 Å². The molecule has 3 rings (SSSR count). The standard InChI is InChI=1S/C13H13NS/c14-12-10-7-4-8-11(10)15-13(12)9-5-2-1-3-6-9/h1-3,5-6H,4,7-8,14H2. The van der Waals surface area contributed by atoms with Crippen LogP contribution >= 0.6 is 11.3 Å². The Morgan fingerprint density at radius 3 is 2.60 bits per heavy atom. The molecule has 1 aromatic heterocycles. The Labute approximate surface area is 93.6 Å². The van der Waals surface area contributed by atoms with Gasteiger partial charge in [0.05, 0.1) is 10.6 Å². The number of nitrogen functional groups attached to an aromatic ring is 1. The summed E-state index contributed by atoms with van der Waals surface area (Å²) in [6, 6.07) is 10.5. The summed E-state index contributed by atoms with van der Waals surface area (Å²) in [6.45, 7) is 0. The molecule has 0 unspecified atom stereocenters. The second-order valence-corrected chi connectivity index (χ2v) is 5.07. The van der Waals surface area contributed by atoms with Gasteiger partial charge in [-0.05, 0) is 30.4 Å². The predicted molar refractivity (Wildman–Crippen MR) is 66.2 cm³/mol. The Kier molecular flexibility index (Phi) is 2.03. The molecule has 2 heteroatoms.